The molecule has 6 nitrogen and oxygen atoms in total. The molecule has 0 saturated heterocycles. The lowest BCUT2D eigenvalue weighted by atomic mass is 10.3. The molecule has 0 atom stereocenters. The van der Waals surface area contributed by atoms with Crippen molar-refractivity contribution in [1.29, 1.82) is 0 Å². The fourth-order valence-electron chi connectivity index (χ4n) is 2.30. The minimum Gasteiger partial charge on any atom is -0.497 e. The molecule has 0 aliphatic rings. The molecule has 118 valence electrons. The van der Waals surface area contributed by atoms with Crippen LogP contribution in [-0.2, 0) is 13.6 Å². The molecule has 0 N–H and O–H groups in total. The average molecular weight is 328 g/mol. The Hall–Kier alpha value is -2.67. The van der Waals surface area contributed by atoms with E-state index in [0.29, 0.717) is 17.0 Å². The second-order valence-corrected chi connectivity index (χ2v) is 5.88. The smallest absolute Gasteiger partial charge is 0.297 e. The van der Waals surface area contributed by atoms with Gasteiger partial charge in [0.1, 0.15) is 11.4 Å². The number of hydrogen-bond donors (Lipinski definition) is 0. The van der Waals surface area contributed by atoms with E-state index in [1.807, 2.05) is 22.8 Å². The molecule has 23 heavy (non-hydrogen) atoms. The van der Waals surface area contributed by atoms with Crippen molar-refractivity contribution in [2.24, 2.45) is 12.0 Å². The molecule has 3 rings (SSSR count). The maximum atomic E-state index is 12.4. The van der Waals surface area contributed by atoms with E-state index in [9.17, 15) is 4.79 Å². The summed E-state index contributed by atoms with van der Waals surface area (Å²) in [5.41, 5.74) is 1.44. The number of fused-ring (bicyclic) bond motifs is 1. The van der Waals surface area contributed by atoms with Gasteiger partial charge in [0.15, 0.2) is 4.80 Å². The SMILES string of the molecule is C=CCn1c(=NC(=O)c2ccnn2C)sc2cc(OC)ccc21. The van der Waals surface area contributed by atoms with Gasteiger partial charge in [-0.05, 0) is 24.3 Å². The quantitative estimate of drug-likeness (QED) is 0.691. The number of methoxy groups -OCH3 is 1. The van der Waals surface area contributed by atoms with E-state index in [2.05, 4.69) is 16.7 Å². The average Bonchev–Trinajstić information content (AvgIpc) is 3.11. The number of aryl methyl sites for hydroxylation is 1. The lowest BCUT2D eigenvalue weighted by Gasteiger charge is -2.02. The van der Waals surface area contributed by atoms with Gasteiger partial charge in [-0.3, -0.25) is 9.48 Å². The van der Waals surface area contributed by atoms with E-state index in [1.165, 1.54) is 16.0 Å². The summed E-state index contributed by atoms with van der Waals surface area (Å²) in [6, 6.07) is 7.44. The lowest BCUT2D eigenvalue weighted by Crippen LogP contribution is -2.17. The zero-order valence-electron chi connectivity index (χ0n) is 12.9. The van der Waals surface area contributed by atoms with E-state index in [0.717, 1.165) is 16.0 Å². The predicted molar refractivity (Wildman–Crippen MR) is 89.7 cm³/mol. The second-order valence-electron chi connectivity index (χ2n) is 4.87. The third-order valence-electron chi connectivity index (χ3n) is 3.44. The van der Waals surface area contributed by atoms with Crippen LogP contribution in [0.3, 0.4) is 0 Å². The van der Waals surface area contributed by atoms with Gasteiger partial charge in [-0.1, -0.05) is 17.4 Å². The zero-order valence-corrected chi connectivity index (χ0v) is 13.7. The number of hydrogen-bond acceptors (Lipinski definition) is 4. The van der Waals surface area contributed by atoms with E-state index in [-0.39, 0.29) is 5.91 Å². The van der Waals surface area contributed by atoms with Crippen LogP contribution >= 0.6 is 11.3 Å². The van der Waals surface area contributed by atoms with Crippen LogP contribution in [0.4, 0.5) is 0 Å². The summed E-state index contributed by atoms with van der Waals surface area (Å²) < 4.78 is 9.73. The van der Waals surface area contributed by atoms with Gasteiger partial charge in [-0.2, -0.15) is 10.1 Å². The normalized spacial score (nSPS) is 11.8. The molecule has 0 saturated carbocycles. The number of ether oxygens (including phenoxy) is 1. The highest BCUT2D eigenvalue weighted by Gasteiger charge is 2.11. The Morgan fingerprint density at radius 1 is 1.48 bits per heavy atom. The van der Waals surface area contributed by atoms with Gasteiger partial charge < -0.3 is 9.30 Å². The number of allylic oxidation sites excluding steroid dienone is 1. The number of aromatic nitrogens is 3. The van der Waals surface area contributed by atoms with Gasteiger partial charge in [0.25, 0.3) is 5.91 Å². The van der Waals surface area contributed by atoms with Crippen LogP contribution in [0.5, 0.6) is 5.75 Å². The Morgan fingerprint density at radius 3 is 2.96 bits per heavy atom. The van der Waals surface area contributed by atoms with Crippen LogP contribution in [0.1, 0.15) is 10.5 Å². The van der Waals surface area contributed by atoms with Crippen LogP contribution in [0.15, 0.2) is 48.1 Å². The van der Waals surface area contributed by atoms with Crippen LogP contribution in [-0.4, -0.2) is 27.4 Å². The van der Waals surface area contributed by atoms with Gasteiger partial charge in [-0.15, -0.1) is 6.58 Å². The first-order chi connectivity index (χ1) is 11.1. The Balaban J connectivity index is 2.17. The summed E-state index contributed by atoms with van der Waals surface area (Å²) in [5.74, 6) is 0.454. The third kappa shape index (κ3) is 2.83. The molecule has 2 aromatic heterocycles. The molecule has 3 aromatic rings. The fourth-order valence-corrected chi connectivity index (χ4v) is 3.37. The van der Waals surface area contributed by atoms with Crippen LogP contribution < -0.4 is 9.54 Å². The van der Waals surface area contributed by atoms with Crippen molar-refractivity contribution in [3.63, 3.8) is 0 Å². The number of nitrogens with zero attached hydrogens (tertiary/aromatic N) is 4. The first kappa shape index (κ1) is 15.2. The molecular formula is C16H16N4O2S. The minimum absolute atomic E-state index is 0.318. The first-order valence-corrected chi connectivity index (χ1v) is 7.81. The Morgan fingerprint density at radius 2 is 2.30 bits per heavy atom. The van der Waals surface area contributed by atoms with Crippen LogP contribution in [0.2, 0.25) is 0 Å². The summed E-state index contributed by atoms with van der Waals surface area (Å²) in [4.78, 5) is 17.3. The number of carbonyl (C=O) groups excluding carboxylic acids is 1. The predicted octanol–water partition coefficient (Wildman–Crippen LogP) is 2.37. The number of thiazole rings is 1. The van der Waals surface area contributed by atoms with Gasteiger partial charge in [-0.25, -0.2) is 0 Å². The van der Waals surface area contributed by atoms with Gasteiger partial charge >= 0.3 is 0 Å². The molecule has 1 aromatic carbocycles. The molecule has 0 unspecified atom stereocenters. The Bertz CT molecular complexity index is 949. The zero-order chi connectivity index (χ0) is 16.4. The Labute approximate surface area is 137 Å². The fraction of sp³-hybridized carbons (Fsp3) is 0.188. The maximum absolute atomic E-state index is 12.4. The van der Waals surface area contributed by atoms with E-state index in [1.54, 1.807) is 32.5 Å². The van der Waals surface area contributed by atoms with E-state index in [4.69, 9.17) is 4.74 Å². The highest BCUT2D eigenvalue weighted by molar-refractivity contribution is 7.16. The van der Waals surface area contributed by atoms with Crippen LogP contribution in [0, 0.1) is 0 Å². The maximum Gasteiger partial charge on any atom is 0.297 e. The van der Waals surface area contributed by atoms with Crippen molar-refractivity contribution in [3.05, 3.63) is 53.6 Å². The van der Waals surface area contributed by atoms with Crippen LogP contribution in [0.25, 0.3) is 10.2 Å². The number of carbonyl (C=O) groups is 1. The van der Waals surface area contributed by atoms with Gasteiger partial charge in [0.05, 0.1) is 17.3 Å². The summed E-state index contributed by atoms with van der Waals surface area (Å²) >= 11 is 1.44. The molecule has 2 heterocycles. The van der Waals surface area contributed by atoms with Crippen molar-refractivity contribution >= 4 is 27.5 Å². The summed E-state index contributed by atoms with van der Waals surface area (Å²) in [6.07, 6.45) is 3.36. The van der Waals surface area contributed by atoms with Crippen molar-refractivity contribution in [2.45, 2.75) is 6.54 Å². The number of rotatable bonds is 4. The summed E-state index contributed by atoms with van der Waals surface area (Å²) in [7, 11) is 3.35. The molecule has 7 heteroatoms. The number of amides is 1. The van der Waals surface area contributed by atoms with E-state index >= 15 is 0 Å². The molecule has 0 radical (unpaired) electrons. The monoisotopic (exact) mass is 328 g/mol. The lowest BCUT2D eigenvalue weighted by molar-refractivity contribution is 0.0989. The van der Waals surface area contributed by atoms with Gasteiger partial charge in [0.2, 0.25) is 0 Å². The molecule has 0 fully saturated rings. The second kappa shape index (κ2) is 6.21. The standard InChI is InChI=1S/C16H16N4O2S/c1-4-9-20-12-6-5-11(22-3)10-14(12)23-16(20)18-15(21)13-7-8-17-19(13)2/h4-8,10H,1,9H2,2-3H3. The van der Waals surface area contributed by atoms with Crippen molar-refractivity contribution in [3.8, 4) is 5.75 Å². The topological polar surface area (TPSA) is 61.4 Å². The van der Waals surface area contributed by atoms with Crippen molar-refractivity contribution < 1.29 is 9.53 Å². The minimum atomic E-state index is -0.318. The van der Waals surface area contributed by atoms with Crippen molar-refractivity contribution in [1.82, 2.24) is 14.3 Å². The summed E-state index contributed by atoms with van der Waals surface area (Å²) in [5, 5.41) is 4.00. The van der Waals surface area contributed by atoms with Gasteiger partial charge in [0, 0.05) is 19.8 Å². The highest BCUT2D eigenvalue weighted by atomic mass is 32.1. The molecule has 0 bridgehead atoms. The van der Waals surface area contributed by atoms with Crippen molar-refractivity contribution in [2.75, 3.05) is 7.11 Å². The molecule has 0 spiro atoms. The van der Waals surface area contributed by atoms with E-state index < -0.39 is 0 Å². The highest BCUT2D eigenvalue weighted by Crippen LogP contribution is 2.23. The first-order valence-electron chi connectivity index (χ1n) is 6.99. The molecule has 0 aliphatic carbocycles. The largest absolute Gasteiger partial charge is 0.497 e. The summed E-state index contributed by atoms with van der Waals surface area (Å²) in [6.45, 7) is 4.35. The molecule has 0 aliphatic heterocycles. The number of benzene rings is 1. The molecular weight excluding hydrogens is 312 g/mol. The molecule has 1 amide bonds. The third-order valence-corrected chi connectivity index (χ3v) is 4.48. The Kier molecular flexibility index (Phi) is 4.12.